The minimum Gasteiger partial charge on any atom is -0.324 e. The second-order valence-electron chi connectivity index (χ2n) is 5.97. The Bertz CT molecular complexity index is 940. The summed E-state index contributed by atoms with van der Waals surface area (Å²) in [5.41, 5.74) is 3.32. The molecule has 1 aromatic carbocycles. The third kappa shape index (κ3) is 2.80. The molecule has 0 saturated carbocycles. The molecule has 0 bridgehead atoms. The summed E-state index contributed by atoms with van der Waals surface area (Å²) in [7, 11) is 0. The molecule has 2 heterocycles. The van der Waals surface area contributed by atoms with Gasteiger partial charge < -0.3 is 4.98 Å². The maximum atomic E-state index is 12.2. The van der Waals surface area contributed by atoms with E-state index < -0.39 is 0 Å². The van der Waals surface area contributed by atoms with E-state index in [0.717, 1.165) is 48.0 Å². The molecule has 2 N–H and O–H groups in total. The summed E-state index contributed by atoms with van der Waals surface area (Å²) in [4.78, 5) is 31.6. The standard InChI is InChI=1S/C17H17N5O2/c23-15(20-17-18-13-7-3-4-8-14(13)19-17)10-22-16(24)9-11-5-1-2-6-12(11)21-22/h3-4,7-9H,1-2,5-6,10H2,(H2,18,19,20,23). The first-order valence-electron chi connectivity index (χ1n) is 8.03. The highest BCUT2D eigenvalue weighted by Crippen LogP contribution is 2.17. The normalized spacial score (nSPS) is 13.7. The quantitative estimate of drug-likeness (QED) is 0.766. The second kappa shape index (κ2) is 5.92. The first-order chi connectivity index (χ1) is 11.7. The van der Waals surface area contributed by atoms with Crippen LogP contribution in [0.25, 0.3) is 11.0 Å². The summed E-state index contributed by atoms with van der Waals surface area (Å²) < 4.78 is 1.22. The lowest BCUT2D eigenvalue weighted by Gasteiger charge is -2.15. The Morgan fingerprint density at radius 3 is 2.96 bits per heavy atom. The largest absolute Gasteiger partial charge is 0.324 e. The number of fused-ring (bicyclic) bond motifs is 2. The Morgan fingerprint density at radius 2 is 2.08 bits per heavy atom. The number of carbonyl (C=O) groups is 1. The van der Waals surface area contributed by atoms with E-state index in [4.69, 9.17) is 0 Å². The van der Waals surface area contributed by atoms with Crippen molar-refractivity contribution in [3.63, 3.8) is 0 Å². The number of carbonyl (C=O) groups excluding carboxylic acids is 1. The molecule has 0 saturated heterocycles. The second-order valence-corrected chi connectivity index (χ2v) is 5.97. The van der Waals surface area contributed by atoms with Crippen molar-refractivity contribution in [2.45, 2.75) is 32.2 Å². The van der Waals surface area contributed by atoms with Crippen LogP contribution >= 0.6 is 0 Å². The van der Waals surface area contributed by atoms with Crippen LogP contribution in [0.4, 0.5) is 5.95 Å². The van der Waals surface area contributed by atoms with Crippen molar-refractivity contribution in [1.82, 2.24) is 19.7 Å². The monoisotopic (exact) mass is 323 g/mol. The number of H-pyrrole nitrogens is 1. The number of anilines is 1. The molecule has 7 nitrogen and oxygen atoms in total. The fourth-order valence-corrected chi connectivity index (χ4v) is 3.03. The van der Waals surface area contributed by atoms with Gasteiger partial charge in [-0.05, 0) is 43.4 Å². The van der Waals surface area contributed by atoms with Gasteiger partial charge in [0.1, 0.15) is 6.54 Å². The average molecular weight is 323 g/mol. The minimum atomic E-state index is -0.334. The highest BCUT2D eigenvalue weighted by Gasteiger charge is 2.15. The van der Waals surface area contributed by atoms with Gasteiger partial charge in [-0.15, -0.1) is 0 Å². The number of aromatic nitrogens is 4. The highest BCUT2D eigenvalue weighted by atomic mass is 16.2. The van der Waals surface area contributed by atoms with Gasteiger partial charge in [0.05, 0.1) is 16.7 Å². The predicted molar refractivity (Wildman–Crippen MR) is 89.9 cm³/mol. The van der Waals surface area contributed by atoms with Crippen molar-refractivity contribution in [2.75, 3.05) is 5.32 Å². The zero-order valence-corrected chi connectivity index (χ0v) is 13.1. The first-order valence-corrected chi connectivity index (χ1v) is 8.03. The van der Waals surface area contributed by atoms with Gasteiger partial charge in [0, 0.05) is 6.07 Å². The molecule has 0 aliphatic heterocycles. The summed E-state index contributed by atoms with van der Waals surface area (Å²) in [6.07, 6.45) is 3.92. The zero-order valence-electron chi connectivity index (χ0n) is 13.1. The number of rotatable bonds is 3. The van der Waals surface area contributed by atoms with Gasteiger partial charge in [0.2, 0.25) is 11.9 Å². The number of aromatic amines is 1. The summed E-state index contributed by atoms with van der Waals surface area (Å²) in [6.45, 7) is -0.122. The molecule has 7 heteroatoms. The van der Waals surface area contributed by atoms with Crippen LogP contribution in [0.3, 0.4) is 0 Å². The Labute approximate surface area is 137 Å². The summed E-state index contributed by atoms with van der Waals surface area (Å²) in [6, 6.07) is 9.12. The van der Waals surface area contributed by atoms with Crippen molar-refractivity contribution in [1.29, 1.82) is 0 Å². The first kappa shape index (κ1) is 14.6. The molecule has 0 radical (unpaired) electrons. The Morgan fingerprint density at radius 1 is 1.25 bits per heavy atom. The maximum absolute atomic E-state index is 12.2. The van der Waals surface area contributed by atoms with Crippen LogP contribution in [0.1, 0.15) is 24.1 Å². The number of hydrogen-bond donors (Lipinski definition) is 2. The van der Waals surface area contributed by atoms with E-state index in [9.17, 15) is 9.59 Å². The third-order valence-corrected chi connectivity index (χ3v) is 4.21. The molecule has 1 amide bonds. The molecule has 0 atom stereocenters. The summed E-state index contributed by atoms with van der Waals surface area (Å²) >= 11 is 0. The third-order valence-electron chi connectivity index (χ3n) is 4.21. The van der Waals surface area contributed by atoms with Crippen molar-refractivity contribution >= 4 is 22.9 Å². The van der Waals surface area contributed by atoms with Crippen LogP contribution in [-0.4, -0.2) is 25.7 Å². The fourth-order valence-electron chi connectivity index (χ4n) is 3.03. The molecule has 1 aliphatic carbocycles. The van der Waals surface area contributed by atoms with Gasteiger partial charge in [0.15, 0.2) is 0 Å². The molecule has 3 aromatic rings. The SMILES string of the molecule is O=C(Cn1nc2c(cc1=O)CCCC2)Nc1nc2ccccc2[nH]1. The zero-order chi connectivity index (χ0) is 16.5. The predicted octanol–water partition coefficient (Wildman–Crippen LogP) is 1.64. The van der Waals surface area contributed by atoms with Crippen molar-refractivity contribution < 1.29 is 4.79 Å². The molecule has 0 spiro atoms. The van der Waals surface area contributed by atoms with E-state index in [1.54, 1.807) is 6.07 Å². The lowest BCUT2D eigenvalue weighted by Crippen LogP contribution is -2.31. The number of aryl methyl sites for hydroxylation is 2. The van der Waals surface area contributed by atoms with Gasteiger partial charge >= 0.3 is 0 Å². The Kier molecular flexibility index (Phi) is 3.60. The van der Waals surface area contributed by atoms with E-state index in [-0.39, 0.29) is 18.0 Å². The molecule has 2 aromatic heterocycles. The highest BCUT2D eigenvalue weighted by molar-refractivity contribution is 5.90. The number of amides is 1. The molecular weight excluding hydrogens is 306 g/mol. The minimum absolute atomic E-state index is 0.122. The topological polar surface area (TPSA) is 92.7 Å². The van der Waals surface area contributed by atoms with Crippen molar-refractivity contribution in [2.24, 2.45) is 0 Å². The van der Waals surface area contributed by atoms with Crippen molar-refractivity contribution in [3.8, 4) is 0 Å². The molecular formula is C17H17N5O2. The Hall–Kier alpha value is -2.96. The average Bonchev–Trinajstić information content (AvgIpc) is 2.97. The number of benzene rings is 1. The van der Waals surface area contributed by atoms with Crippen molar-refractivity contribution in [3.05, 3.63) is 51.9 Å². The van der Waals surface area contributed by atoms with E-state index >= 15 is 0 Å². The van der Waals surface area contributed by atoms with Crippen LogP contribution in [0.5, 0.6) is 0 Å². The fraction of sp³-hybridized carbons (Fsp3) is 0.294. The summed E-state index contributed by atoms with van der Waals surface area (Å²) in [5.74, 6) is 0.0339. The smallest absolute Gasteiger partial charge is 0.267 e. The van der Waals surface area contributed by atoms with Crippen LogP contribution < -0.4 is 10.9 Å². The van der Waals surface area contributed by atoms with E-state index in [2.05, 4.69) is 20.4 Å². The molecule has 24 heavy (non-hydrogen) atoms. The van der Waals surface area contributed by atoms with Gasteiger partial charge in [-0.25, -0.2) is 9.67 Å². The molecule has 122 valence electrons. The van der Waals surface area contributed by atoms with E-state index in [1.165, 1.54) is 4.68 Å². The van der Waals surface area contributed by atoms with Crippen LogP contribution in [-0.2, 0) is 24.2 Å². The van der Waals surface area contributed by atoms with Crippen LogP contribution in [0.2, 0.25) is 0 Å². The van der Waals surface area contributed by atoms with Crippen LogP contribution in [0, 0.1) is 0 Å². The molecule has 0 unspecified atom stereocenters. The van der Waals surface area contributed by atoms with E-state index in [1.807, 2.05) is 24.3 Å². The van der Waals surface area contributed by atoms with Crippen LogP contribution in [0.15, 0.2) is 35.1 Å². The number of para-hydroxylation sites is 2. The molecule has 4 rings (SSSR count). The van der Waals surface area contributed by atoms with Gasteiger partial charge in [0.25, 0.3) is 5.56 Å². The lowest BCUT2D eigenvalue weighted by atomic mass is 9.97. The number of nitrogens with zero attached hydrogens (tertiary/aromatic N) is 3. The number of hydrogen-bond acceptors (Lipinski definition) is 4. The Balaban J connectivity index is 1.52. The number of nitrogens with one attached hydrogen (secondary N) is 2. The maximum Gasteiger partial charge on any atom is 0.267 e. The van der Waals surface area contributed by atoms with Gasteiger partial charge in [-0.2, -0.15) is 5.10 Å². The number of imidazole rings is 1. The van der Waals surface area contributed by atoms with Gasteiger partial charge in [-0.3, -0.25) is 14.9 Å². The lowest BCUT2D eigenvalue weighted by molar-refractivity contribution is -0.117. The molecule has 1 aliphatic rings. The van der Waals surface area contributed by atoms with E-state index in [0.29, 0.717) is 5.95 Å². The van der Waals surface area contributed by atoms with Gasteiger partial charge in [-0.1, -0.05) is 12.1 Å². The summed E-state index contributed by atoms with van der Waals surface area (Å²) in [5, 5.41) is 7.03. The molecule has 0 fully saturated rings.